The molecule has 0 spiro atoms. The van der Waals surface area contributed by atoms with Crippen LogP contribution in [0.1, 0.15) is 21.2 Å². The van der Waals surface area contributed by atoms with Crippen LogP contribution in [0.3, 0.4) is 0 Å². The van der Waals surface area contributed by atoms with E-state index in [2.05, 4.69) is 5.32 Å². The predicted octanol–water partition coefficient (Wildman–Crippen LogP) is 0.237. The summed E-state index contributed by atoms with van der Waals surface area (Å²) in [6.45, 7) is 2.92. The van der Waals surface area contributed by atoms with Gasteiger partial charge in [0.15, 0.2) is 0 Å². The van der Waals surface area contributed by atoms with E-state index in [0.717, 1.165) is 19.4 Å². The lowest BCUT2D eigenvalue weighted by molar-refractivity contribution is -0.133. The zero-order valence-electron chi connectivity index (χ0n) is 8.17. The SMILES string of the molecule is CNC(=O)[C@@H]1CCCN(C(C)=O)C1.[HH]. The molecular weight excluding hydrogens is 168 g/mol. The van der Waals surface area contributed by atoms with Gasteiger partial charge in [0.05, 0.1) is 5.92 Å². The van der Waals surface area contributed by atoms with Crippen molar-refractivity contribution in [1.82, 2.24) is 10.2 Å². The Morgan fingerprint density at radius 3 is 2.77 bits per heavy atom. The molecule has 0 unspecified atom stereocenters. The van der Waals surface area contributed by atoms with E-state index >= 15 is 0 Å². The van der Waals surface area contributed by atoms with Crippen LogP contribution in [0.25, 0.3) is 0 Å². The van der Waals surface area contributed by atoms with Gasteiger partial charge in [0.25, 0.3) is 0 Å². The summed E-state index contributed by atoms with van der Waals surface area (Å²) in [5, 5.41) is 2.62. The summed E-state index contributed by atoms with van der Waals surface area (Å²) >= 11 is 0. The number of nitrogens with one attached hydrogen (secondary N) is 1. The van der Waals surface area contributed by atoms with Gasteiger partial charge in [0, 0.05) is 28.5 Å². The molecular formula is C9H18N2O2. The standard InChI is InChI=1S/C9H16N2O2.H2/c1-7(12)11-5-3-4-8(6-11)9(13)10-2;/h8H,3-6H2,1-2H3,(H,10,13);1H/t8-;/m1./s1. The molecule has 0 aromatic heterocycles. The highest BCUT2D eigenvalue weighted by Gasteiger charge is 2.25. The molecule has 0 bridgehead atoms. The van der Waals surface area contributed by atoms with Gasteiger partial charge in [-0.05, 0) is 12.8 Å². The molecule has 0 radical (unpaired) electrons. The number of hydrogen-bond donors (Lipinski definition) is 1. The van der Waals surface area contributed by atoms with Gasteiger partial charge < -0.3 is 10.2 Å². The first-order valence-electron chi connectivity index (χ1n) is 4.62. The summed E-state index contributed by atoms with van der Waals surface area (Å²) < 4.78 is 0. The van der Waals surface area contributed by atoms with Crippen LogP contribution in [0, 0.1) is 5.92 Å². The number of piperidine rings is 1. The van der Waals surface area contributed by atoms with Gasteiger partial charge in [-0.1, -0.05) is 0 Å². The Bertz CT molecular complexity index is 221. The fourth-order valence-corrected chi connectivity index (χ4v) is 1.68. The number of likely N-dealkylation sites (tertiary alicyclic amines) is 1. The van der Waals surface area contributed by atoms with E-state index in [-0.39, 0.29) is 19.2 Å². The van der Waals surface area contributed by atoms with E-state index in [4.69, 9.17) is 0 Å². The Labute approximate surface area is 79.8 Å². The molecule has 2 amide bonds. The Morgan fingerprint density at radius 2 is 2.23 bits per heavy atom. The molecule has 1 heterocycles. The molecule has 0 aromatic rings. The van der Waals surface area contributed by atoms with Crippen LogP contribution in [0.2, 0.25) is 0 Å². The van der Waals surface area contributed by atoms with Crippen molar-refractivity contribution in [2.45, 2.75) is 19.8 Å². The zero-order valence-corrected chi connectivity index (χ0v) is 8.17. The Kier molecular flexibility index (Phi) is 3.28. The van der Waals surface area contributed by atoms with Crippen molar-refractivity contribution >= 4 is 11.8 Å². The molecule has 0 aliphatic carbocycles. The number of nitrogens with zero attached hydrogens (tertiary/aromatic N) is 1. The van der Waals surface area contributed by atoms with Crippen molar-refractivity contribution in [3.63, 3.8) is 0 Å². The van der Waals surface area contributed by atoms with Gasteiger partial charge in [-0.2, -0.15) is 0 Å². The van der Waals surface area contributed by atoms with Crippen LogP contribution in [0.15, 0.2) is 0 Å². The smallest absolute Gasteiger partial charge is 0.224 e. The van der Waals surface area contributed by atoms with E-state index in [0.29, 0.717) is 6.54 Å². The molecule has 1 aliphatic rings. The molecule has 0 aromatic carbocycles. The maximum Gasteiger partial charge on any atom is 0.224 e. The third-order valence-corrected chi connectivity index (χ3v) is 2.48. The van der Waals surface area contributed by atoms with E-state index in [1.165, 1.54) is 0 Å². The highest BCUT2D eigenvalue weighted by molar-refractivity contribution is 5.80. The van der Waals surface area contributed by atoms with Gasteiger partial charge in [-0.3, -0.25) is 9.59 Å². The van der Waals surface area contributed by atoms with E-state index in [9.17, 15) is 9.59 Å². The molecule has 1 aliphatic heterocycles. The Balaban J connectivity index is 0.00000169. The summed E-state index contributed by atoms with van der Waals surface area (Å²) in [6, 6.07) is 0. The molecule has 4 nitrogen and oxygen atoms in total. The number of carbonyl (C=O) groups is 2. The van der Waals surface area contributed by atoms with Gasteiger partial charge >= 0.3 is 0 Å². The number of hydrogen-bond acceptors (Lipinski definition) is 2. The lowest BCUT2D eigenvalue weighted by Gasteiger charge is -2.30. The molecule has 1 fully saturated rings. The van der Waals surface area contributed by atoms with Crippen molar-refractivity contribution in [1.29, 1.82) is 0 Å². The summed E-state index contributed by atoms with van der Waals surface area (Å²) in [5.74, 6) is 0.0993. The first-order chi connectivity index (χ1) is 6.15. The molecule has 13 heavy (non-hydrogen) atoms. The fourth-order valence-electron chi connectivity index (χ4n) is 1.68. The summed E-state index contributed by atoms with van der Waals surface area (Å²) in [4.78, 5) is 24.1. The largest absolute Gasteiger partial charge is 0.359 e. The molecule has 76 valence electrons. The maximum atomic E-state index is 11.3. The average molecular weight is 186 g/mol. The minimum atomic E-state index is -0.0114. The van der Waals surface area contributed by atoms with E-state index in [1.54, 1.807) is 18.9 Å². The lowest BCUT2D eigenvalue weighted by atomic mass is 9.97. The van der Waals surface area contributed by atoms with Crippen LogP contribution in [0.5, 0.6) is 0 Å². The number of rotatable bonds is 1. The Hall–Kier alpha value is -1.06. The normalized spacial score (nSPS) is 22.6. The first kappa shape index (κ1) is 10.0. The van der Waals surface area contributed by atoms with Crippen molar-refractivity contribution in [2.24, 2.45) is 5.92 Å². The first-order valence-corrected chi connectivity index (χ1v) is 4.62. The van der Waals surface area contributed by atoms with Crippen LogP contribution in [0.4, 0.5) is 0 Å². The fraction of sp³-hybridized carbons (Fsp3) is 0.778. The van der Waals surface area contributed by atoms with Crippen molar-refractivity contribution in [2.75, 3.05) is 20.1 Å². The lowest BCUT2D eigenvalue weighted by Crippen LogP contribution is -2.43. The minimum absolute atomic E-state index is 0. The second-order valence-corrected chi connectivity index (χ2v) is 3.42. The van der Waals surface area contributed by atoms with Crippen molar-refractivity contribution < 1.29 is 11.0 Å². The third kappa shape index (κ3) is 2.44. The van der Waals surface area contributed by atoms with Crippen LogP contribution < -0.4 is 5.32 Å². The number of amides is 2. The Morgan fingerprint density at radius 1 is 1.54 bits per heavy atom. The second kappa shape index (κ2) is 4.25. The third-order valence-electron chi connectivity index (χ3n) is 2.48. The van der Waals surface area contributed by atoms with E-state index < -0.39 is 0 Å². The maximum absolute atomic E-state index is 11.3. The zero-order chi connectivity index (χ0) is 9.84. The molecule has 1 saturated heterocycles. The minimum Gasteiger partial charge on any atom is -0.359 e. The average Bonchev–Trinajstić information content (AvgIpc) is 2.17. The van der Waals surface area contributed by atoms with Gasteiger partial charge in [0.2, 0.25) is 11.8 Å². The highest BCUT2D eigenvalue weighted by atomic mass is 16.2. The van der Waals surface area contributed by atoms with Gasteiger partial charge in [-0.25, -0.2) is 0 Å². The molecule has 1 atom stereocenters. The molecule has 1 rings (SSSR count). The topological polar surface area (TPSA) is 49.4 Å². The van der Waals surface area contributed by atoms with Gasteiger partial charge in [0.1, 0.15) is 0 Å². The van der Waals surface area contributed by atoms with Gasteiger partial charge in [-0.15, -0.1) is 0 Å². The van der Waals surface area contributed by atoms with E-state index in [1.807, 2.05) is 0 Å². The van der Waals surface area contributed by atoms with Crippen molar-refractivity contribution in [3.05, 3.63) is 0 Å². The van der Waals surface area contributed by atoms with Crippen molar-refractivity contribution in [3.8, 4) is 0 Å². The summed E-state index contributed by atoms with van der Waals surface area (Å²) in [6.07, 6.45) is 1.82. The molecule has 1 N–H and O–H groups in total. The van der Waals surface area contributed by atoms with Crippen LogP contribution >= 0.6 is 0 Å². The summed E-state index contributed by atoms with van der Waals surface area (Å²) in [5.41, 5.74) is 0. The predicted molar refractivity (Wildman–Crippen MR) is 51.2 cm³/mol. The quantitative estimate of drug-likeness (QED) is 0.637. The van der Waals surface area contributed by atoms with Crippen LogP contribution in [-0.4, -0.2) is 36.9 Å². The summed E-state index contributed by atoms with van der Waals surface area (Å²) in [7, 11) is 1.63. The molecule has 0 saturated carbocycles. The molecule has 4 heteroatoms. The number of carbonyl (C=O) groups excluding carboxylic acids is 2. The second-order valence-electron chi connectivity index (χ2n) is 3.42. The highest BCUT2D eigenvalue weighted by Crippen LogP contribution is 2.16. The monoisotopic (exact) mass is 186 g/mol. The van der Waals surface area contributed by atoms with Crippen LogP contribution in [-0.2, 0) is 9.59 Å².